The number of fused-ring (bicyclic) bond motifs is 3. The summed E-state index contributed by atoms with van der Waals surface area (Å²) in [6.07, 6.45) is 0.741. The second kappa shape index (κ2) is 7.15. The van der Waals surface area contributed by atoms with E-state index < -0.39 is 0 Å². The van der Waals surface area contributed by atoms with E-state index in [0.29, 0.717) is 21.4 Å². The third kappa shape index (κ3) is 3.43. The highest BCUT2D eigenvalue weighted by molar-refractivity contribution is 7.71. The molecule has 0 aliphatic carbocycles. The Morgan fingerprint density at radius 1 is 1.07 bits per heavy atom. The molecule has 4 nitrogen and oxygen atoms in total. The predicted molar refractivity (Wildman–Crippen MR) is 115 cm³/mol. The lowest BCUT2D eigenvalue weighted by molar-refractivity contribution is 0.649. The number of allylic oxidation sites excluding steroid dienone is 1. The van der Waals surface area contributed by atoms with Crippen molar-refractivity contribution in [3.8, 4) is 0 Å². The Labute approximate surface area is 172 Å². The van der Waals surface area contributed by atoms with Crippen LogP contribution < -0.4 is 0 Å². The molecule has 7 heteroatoms. The van der Waals surface area contributed by atoms with Crippen LogP contribution in [0.5, 0.6) is 0 Å². The molecule has 4 aromatic rings. The van der Waals surface area contributed by atoms with Crippen LogP contribution >= 0.6 is 35.4 Å². The van der Waals surface area contributed by atoms with Gasteiger partial charge in [0.25, 0.3) is 0 Å². The Balaban J connectivity index is 1.78. The lowest BCUT2D eigenvalue weighted by atomic mass is 10.1. The summed E-state index contributed by atoms with van der Waals surface area (Å²) in [6.45, 7) is 7.40. The van der Waals surface area contributed by atoms with Gasteiger partial charge < -0.3 is 4.57 Å². The number of hydrogen-bond acceptors (Lipinski definition) is 2. The molecule has 4 rings (SSSR count). The molecule has 0 atom stereocenters. The van der Waals surface area contributed by atoms with E-state index in [2.05, 4.69) is 33.5 Å². The van der Waals surface area contributed by atoms with Crippen LogP contribution in [0.1, 0.15) is 12.7 Å². The minimum Gasteiger partial charge on any atom is -0.340 e. The summed E-state index contributed by atoms with van der Waals surface area (Å²) in [5, 5.41) is 10.9. The van der Waals surface area contributed by atoms with Gasteiger partial charge >= 0.3 is 0 Å². The molecule has 2 aromatic carbocycles. The topological polar surface area (TPSA) is 38.5 Å². The fourth-order valence-electron chi connectivity index (χ4n) is 3.48. The quantitative estimate of drug-likeness (QED) is 0.311. The monoisotopic (exact) mass is 416 g/mol. The number of nitrogens with zero attached hydrogens (tertiary/aromatic N) is 3. The van der Waals surface area contributed by atoms with Gasteiger partial charge in [0.1, 0.15) is 5.82 Å². The average Bonchev–Trinajstić information content (AvgIpc) is 3.11. The van der Waals surface area contributed by atoms with Crippen molar-refractivity contribution in [1.82, 2.24) is 19.3 Å². The zero-order chi connectivity index (χ0) is 19.1. The van der Waals surface area contributed by atoms with Crippen molar-refractivity contribution in [2.75, 3.05) is 0 Å². The molecule has 27 heavy (non-hydrogen) atoms. The van der Waals surface area contributed by atoms with Gasteiger partial charge in [0.15, 0.2) is 4.77 Å². The first-order valence-electron chi connectivity index (χ1n) is 8.59. The lowest BCUT2D eigenvalue weighted by Crippen LogP contribution is -2.09. The highest BCUT2D eigenvalue weighted by Crippen LogP contribution is 2.33. The molecule has 2 aromatic heterocycles. The largest absolute Gasteiger partial charge is 0.340 e. The van der Waals surface area contributed by atoms with Gasteiger partial charge in [-0.25, -0.2) is 0 Å². The Bertz CT molecular complexity index is 1170. The van der Waals surface area contributed by atoms with Gasteiger partial charge in [-0.1, -0.05) is 35.4 Å². The zero-order valence-corrected chi connectivity index (χ0v) is 17.1. The first kappa shape index (κ1) is 18.3. The standard InChI is InChI=1S/C20H18Cl2N4S/c1-12(2)11-26-19(23-24-20(26)27)7-8-25-17-5-3-13(21)9-15(17)16-10-14(22)4-6-18(16)25/h3-6,9-10H,1,7-8,11H2,2H3,(H,24,27). The van der Waals surface area contributed by atoms with Gasteiger partial charge in [-0.2, -0.15) is 5.10 Å². The number of rotatable bonds is 5. The normalized spacial score (nSPS) is 11.5. The summed E-state index contributed by atoms with van der Waals surface area (Å²) >= 11 is 17.8. The molecule has 0 spiro atoms. The van der Waals surface area contributed by atoms with Gasteiger partial charge in [0.2, 0.25) is 0 Å². The van der Waals surface area contributed by atoms with Crippen molar-refractivity contribution in [2.45, 2.75) is 26.4 Å². The third-order valence-corrected chi connectivity index (χ3v) is 5.40. The van der Waals surface area contributed by atoms with E-state index in [1.165, 1.54) is 0 Å². The minimum atomic E-state index is 0.619. The molecule has 0 fully saturated rings. The van der Waals surface area contributed by atoms with Crippen molar-refractivity contribution in [3.05, 3.63) is 69.2 Å². The maximum Gasteiger partial charge on any atom is 0.195 e. The number of aromatic nitrogens is 4. The Hall–Kier alpha value is -2.08. The molecule has 0 radical (unpaired) electrons. The number of halogens is 2. The van der Waals surface area contributed by atoms with Crippen LogP contribution in [-0.4, -0.2) is 19.3 Å². The Morgan fingerprint density at radius 2 is 1.67 bits per heavy atom. The SMILES string of the molecule is C=C(C)Cn1c(CCn2c3ccc(Cl)cc3c3cc(Cl)ccc32)n[nH]c1=S. The molecule has 0 amide bonds. The molecular formula is C20H18Cl2N4S. The molecule has 0 aliphatic heterocycles. The maximum atomic E-state index is 6.23. The molecule has 1 N–H and O–H groups in total. The Morgan fingerprint density at radius 3 is 2.22 bits per heavy atom. The molecule has 0 saturated carbocycles. The van der Waals surface area contributed by atoms with E-state index in [1.54, 1.807) is 0 Å². The van der Waals surface area contributed by atoms with E-state index in [9.17, 15) is 0 Å². The van der Waals surface area contributed by atoms with Crippen LogP contribution in [0, 0.1) is 4.77 Å². The highest BCUT2D eigenvalue weighted by Gasteiger charge is 2.13. The predicted octanol–water partition coefficient (Wildman–Crippen LogP) is 6.17. The van der Waals surface area contributed by atoms with Crippen molar-refractivity contribution < 1.29 is 0 Å². The van der Waals surface area contributed by atoms with E-state index in [1.807, 2.05) is 35.8 Å². The Kier molecular flexibility index (Phi) is 4.84. The van der Waals surface area contributed by atoms with Crippen LogP contribution in [0.15, 0.2) is 48.6 Å². The second-order valence-electron chi connectivity index (χ2n) is 6.71. The zero-order valence-electron chi connectivity index (χ0n) is 14.8. The van der Waals surface area contributed by atoms with Crippen LogP contribution in [0.2, 0.25) is 10.0 Å². The van der Waals surface area contributed by atoms with Crippen molar-refractivity contribution >= 4 is 57.2 Å². The fraction of sp³-hybridized carbons (Fsp3) is 0.200. The van der Waals surface area contributed by atoms with Gasteiger partial charge in [0.05, 0.1) is 0 Å². The van der Waals surface area contributed by atoms with Crippen molar-refractivity contribution in [3.63, 3.8) is 0 Å². The van der Waals surface area contributed by atoms with Crippen LogP contribution in [0.3, 0.4) is 0 Å². The summed E-state index contributed by atoms with van der Waals surface area (Å²) < 4.78 is 4.90. The summed E-state index contributed by atoms with van der Waals surface area (Å²) in [5.41, 5.74) is 3.28. The van der Waals surface area contributed by atoms with Crippen LogP contribution in [-0.2, 0) is 19.5 Å². The molecule has 0 saturated heterocycles. The van der Waals surface area contributed by atoms with Gasteiger partial charge in [-0.05, 0) is 55.5 Å². The maximum absolute atomic E-state index is 6.23. The number of aryl methyl sites for hydroxylation is 2. The summed E-state index contributed by atoms with van der Waals surface area (Å²) in [5.74, 6) is 0.918. The van der Waals surface area contributed by atoms with Crippen molar-refractivity contribution in [2.24, 2.45) is 0 Å². The van der Waals surface area contributed by atoms with E-state index in [0.717, 1.165) is 46.2 Å². The summed E-state index contributed by atoms with van der Waals surface area (Å²) in [6, 6.07) is 11.9. The van der Waals surface area contributed by atoms with Gasteiger partial charge in [-0.3, -0.25) is 9.67 Å². The first-order valence-corrected chi connectivity index (χ1v) is 9.76. The summed E-state index contributed by atoms with van der Waals surface area (Å²) in [7, 11) is 0. The third-order valence-electron chi connectivity index (χ3n) is 4.61. The molecule has 0 unspecified atom stereocenters. The first-order chi connectivity index (χ1) is 12.9. The summed E-state index contributed by atoms with van der Waals surface area (Å²) in [4.78, 5) is 0. The smallest absolute Gasteiger partial charge is 0.195 e. The molecule has 0 bridgehead atoms. The van der Waals surface area contributed by atoms with Crippen LogP contribution in [0.4, 0.5) is 0 Å². The highest BCUT2D eigenvalue weighted by atomic mass is 35.5. The number of benzene rings is 2. The van der Waals surface area contributed by atoms with E-state index in [4.69, 9.17) is 35.4 Å². The molecule has 138 valence electrons. The number of hydrogen-bond donors (Lipinski definition) is 1. The van der Waals surface area contributed by atoms with E-state index >= 15 is 0 Å². The molecule has 2 heterocycles. The lowest BCUT2D eigenvalue weighted by Gasteiger charge is -2.09. The molecular weight excluding hydrogens is 399 g/mol. The van der Waals surface area contributed by atoms with Gasteiger partial charge in [-0.15, -0.1) is 0 Å². The van der Waals surface area contributed by atoms with Crippen LogP contribution in [0.25, 0.3) is 21.8 Å². The molecule has 0 aliphatic rings. The second-order valence-corrected chi connectivity index (χ2v) is 7.97. The fourth-order valence-corrected chi connectivity index (χ4v) is 4.04. The minimum absolute atomic E-state index is 0.619. The average molecular weight is 417 g/mol. The number of aromatic amines is 1. The van der Waals surface area contributed by atoms with E-state index in [-0.39, 0.29) is 0 Å². The van der Waals surface area contributed by atoms with Gasteiger partial charge in [0, 0.05) is 51.4 Å². The number of nitrogens with one attached hydrogen (secondary N) is 1. The number of H-pyrrole nitrogens is 1. The van der Waals surface area contributed by atoms with Crippen molar-refractivity contribution in [1.29, 1.82) is 0 Å².